The Morgan fingerprint density at radius 3 is 2.73 bits per heavy atom. The van der Waals surface area contributed by atoms with E-state index in [-0.39, 0.29) is 5.82 Å². The first-order valence-corrected chi connectivity index (χ1v) is 5.58. The molecule has 0 amide bonds. The molecule has 1 aromatic carbocycles. The Labute approximate surface area is 91.7 Å². The minimum Gasteiger partial charge on any atom is -0.315 e. The van der Waals surface area contributed by atoms with Crippen molar-refractivity contribution in [2.24, 2.45) is 0 Å². The van der Waals surface area contributed by atoms with Crippen molar-refractivity contribution in [3.8, 4) is 0 Å². The Kier molecular flexibility index (Phi) is 4.76. The molecule has 1 rings (SSSR count). The van der Waals surface area contributed by atoms with Crippen molar-refractivity contribution in [2.75, 3.05) is 6.54 Å². The maximum absolute atomic E-state index is 13.0. The van der Waals surface area contributed by atoms with Crippen LogP contribution in [0, 0.1) is 12.7 Å². The number of nitrogens with one attached hydrogen (secondary N) is 1. The SMILES string of the molecule is Cc1ccc(F)cc1CCCNC(C)C. The highest BCUT2D eigenvalue weighted by molar-refractivity contribution is 5.26. The van der Waals surface area contributed by atoms with Crippen molar-refractivity contribution in [3.05, 3.63) is 35.1 Å². The third-order valence-corrected chi connectivity index (χ3v) is 2.49. The number of hydrogen-bond acceptors (Lipinski definition) is 1. The van der Waals surface area contributed by atoms with Crippen molar-refractivity contribution in [1.82, 2.24) is 5.32 Å². The first kappa shape index (κ1) is 12.2. The van der Waals surface area contributed by atoms with Gasteiger partial charge in [0.05, 0.1) is 0 Å². The van der Waals surface area contributed by atoms with Crippen LogP contribution in [-0.4, -0.2) is 12.6 Å². The molecule has 0 unspecified atom stereocenters. The molecule has 0 aliphatic carbocycles. The summed E-state index contributed by atoms with van der Waals surface area (Å²) in [6, 6.07) is 5.54. The zero-order chi connectivity index (χ0) is 11.3. The third kappa shape index (κ3) is 4.43. The minimum absolute atomic E-state index is 0.132. The fourth-order valence-electron chi connectivity index (χ4n) is 1.58. The summed E-state index contributed by atoms with van der Waals surface area (Å²) in [4.78, 5) is 0. The Hall–Kier alpha value is -0.890. The van der Waals surface area contributed by atoms with Crippen molar-refractivity contribution in [3.63, 3.8) is 0 Å². The number of halogens is 1. The van der Waals surface area contributed by atoms with E-state index in [2.05, 4.69) is 19.2 Å². The fraction of sp³-hybridized carbons (Fsp3) is 0.538. The molecule has 0 atom stereocenters. The lowest BCUT2D eigenvalue weighted by Gasteiger charge is -2.09. The summed E-state index contributed by atoms with van der Waals surface area (Å²) in [5, 5.41) is 3.36. The van der Waals surface area contributed by atoms with Gasteiger partial charge in [0, 0.05) is 6.04 Å². The average Bonchev–Trinajstić information content (AvgIpc) is 2.17. The molecule has 84 valence electrons. The Morgan fingerprint density at radius 1 is 1.33 bits per heavy atom. The van der Waals surface area contributed by atoms with Gasteiger partial charge in [0.25, 0.3) is 0 Å². The molecule has 0 saturated carbocycles. The Bertz CT molecular complexity index is 307. The standard InChI is InChI=1S/C13H20FN/c1-10(2)15-8-4-5-12-9-13(14)7-6-11(12)3/h6-7,9-10,15H,4-5,8H2,1-3H3. The summed E-state index contributed by atoms with van der Waals surface area (Å²) < 4.78 is 13.0. The highest BCUT2D eigenvalue weighted by Crippen LogP contribution is 2.11. The summed E-state index contributed by atoms with van der Waals surface area (Å²) in [7, 11) is 0. The molecule has 0 aliphatic rings. The van der Waals surface area contributed by atoms with Gasteiger partial charge in [-0.25, -0.2) is 4.39 Å². The monoisotopic (exact) mass is 209 g/mol. The van der Waals surface area contributed by atoms with E-state index >= 15 is 0 Å². The van der Waals surface area contributed by atoms with Crippen LogP contribution in [0.5, 0.6) is 0 Å². The van der Waals surface area contributed by atoms with Crippen LogP contribution in [0.15, 0.2) is 18.2 Å². The van der Waals surface area contributed by atoms with E-state index in [1.165, 1.54) is 11.6 Å². The summed E-state index contributed by atoms with van der Waals surface area (Å²) in [6.45, 7) is 7.29. The van der Waals surface area contributed by atoms with Crippen LogP contribution in [-0.2, 0) is 6.42 Å². The van der Waals surface area contributed by atoms with Crippen molar-refractivity contribution < 1.29 is 4.39 Å². The molecule has 1 nitrogen and oxygen atoms in total. The van der Waals surface area contributed by atoms with E-state index in [0.717, 1.165) is 24.9 Å². The second-order valence-electron chi connectivity index (χ2n) is 4.28. The van der Waals surface area contributed by atoms with Crippen molar-refractivity contribution >= 4 is 0 Å². The van der Waals surface area contributed by atoms with Gasteiger partial charge in [0.15, 0.2) is 0 Å². The second-order valence-corrected chi connectivity index (χ2v) is 4.28. The normalized spacial score (nSPS) is 11.0. The first-order valence-electron chi connectivity index (χ1n) is 5.58. The van der Waals surface area contributed by atoms with E-state index in [4.69, 9.17) is 0 Å². The molecule has 0 saturated heterocycles. The quantitative estimate of drug-likeness (QED) is 0.735. The summed E-state index contributed by atoms with van der Waals surface area (Å²) in [5.41, 5.74) is 2.31. The zero-order valence-electron chi connectivity index (χ0n) is 9.81. The molecule has 0 bridgehead atoms. The Balaban J connectivity index is 2.40. The highest BCUT2D eigenvalue weighted by atomic mass is 19.1. The predicted molar refractivity (Wildman–Crippen MR) is 62.6 cm³/mol. The van der Waals surface area contributed by atoms with Gasteiger partial charge in [-0.15, -0.1) is 0 Å². The molecule has 0 spiro atoms. The lowest BCUT2D eigenvalue weighted by molar-refractivity contribution is 0.568. The van der Waals surface area contributed by atoms with E-state index in [0.29, 0.717) is 6.04 Å². The predicted octanol–water partition coefficient (Wildman–Crippen LogP) is 3.06. The van der Waals surface area contributed by atoms with Gasteiger partial charge in [0.2, 0.25) is 0 Å². The van der Waals surface area contributed by atoms with Gasteiger partial charge in [-0.1, -0.05) is 19.9 Å². The number of rotatable bonds is 5. The third-order valence-electron chi connectivity index (χ3n) is 2.49. The minimum atomic E-state index is -0.132. The van der Waals surface area contributed by atoms with Crippen LogP contribution >= 0.6 is 0 Å². The zero-order valence-corrected chi connectivity index (χ0v) is 9.81. The molecule has 1 aromatic rings. The lowest BCUT2D eigenvalue weighted by Crippen LogP contribution is -2.23. The van der Waals surface area contributed by atoms with Crippen molar-refractivity contribution in [1.29, 1.82) is 0 Å². The highest BCUT2D eigenvalue weighted by Gasteiger charge is 2.00. The van der Waals surface area contributed by atoms with Crippen LogP contribution in [0.3, 0.4) is 0 Å². The molecular formula is C13H20FN. The average molecular weight is 209 g/mol. The Morgan fingerprint density at radius 2 is 2.07 bits per heavy atom. The van der Waals surface area contributed by atoms with Crippen molar-refractivity contribution in [2.45, 2.75) is 39.7 Å². The topological polar surface area (TPSA) is 12.0 Å². The van der Waals surface area contributed by atoms with Crippen LogP contribution in [0.1, 0.15) is 31.4 Å². The molecule has 0 radical (unpaired) electrons. The summed E-state index contributed by atoms with van der Waals surface area (Å²) in [5.74, 6) is -0.132. The molecule has 0 aliphatic heterocycles. The lowest BCUT2D eigenvalue weighted by atomic mass is 10.0. The van der Waals surface area contributed by atoms with Gasteiger partial charge >= 0.3 is 0 Å². The second kappa shape index (κ2) is 5.86. The van der Waals surface area contributed by atoms with E-state index < -0.39 is 0 Å². The molecule has 15 heavy (non-hydrogen) atoms. The van der Waals surface area contributed by atoms with Crippen LogP contribution in [0.2, 0.25) is 0 Å². The number of hydrogen-bond donors (Lipinski definition) is 1. The molecule has 0 aromatic heterocycles. The van der Waals surface area contributed by atoms with Gasteiger partial charge in [-0.3, -0.25) is 0 Å². The number of aryl methyl sites for hydroxylation is 2. The van der Waals surface area contributed by atoms with Crippen LogP contribution in [0.4, 0.5) is 4.39 Å². The fourth-order valence-corrected chi connectivity index (χ4v) is 1.58. The van der Waals surface area contributed by atoms with Gasteiger partial charge in [-0.05, 0) is 49.6 Å². The first-order chi connectivity index (χ1) is 7.09. The molecule has 1 N–H and O–H groups in total. The maximum Gasteiger partial charge on any atom is 0.123 e. The van der Waals surface area contributed by atoms with Gasteiger partial charge in [0.1, 0.15) is 5.82 Å². The maximum atomic E-state index is 13.0. The van der Waals surface area contributed by atoms with Gasteiger partial charge in [-0.2, -0.15) is 0 Å². The summed E-state index contributed by atoms with van der Waals surface area (Å²) >= 11 is 0. The molecule has 0 fully saturated rings. The smallest absolute Gasteiger partial charge is 0.123 e. The summed E-state index contributed by atoms with van der Waals surface area (Å²) in [6.07, 6.45) is 2.01. The van der Waals surface area contributed by atoms with Crippen LogP contribution in [0.25, 0.3) is 0 Å². The molecular weight excluding hydrogens is 189 g/mol. The largest absolute Gasteiger partial charge is 0.315 e. The van der Waals surface area contributed by atoms with Crippen LogP contribution < -0.4 is 5.32 Å². The number of benzene rings is 1. The van der Waals surface area contributed by atoms with E-state index in [1.807, 2.05) is 13.0 Å². The van der Waals surface area contributed by atoms with Gasteiger partial charge < -0.3 is 5.32 Å². The molecule has 2 heteroatoms. The molecule has 0 heterocycles. The van der Waals surface area contributed by atoms with E-state index in [1.54, 1.807) is 6.07 Å². The van der Waals surface area contributed by atoms with E-state index in [9.17, 15) is 4.39 Å².